The number of hydrogen-bond acceptors (Lipinski definition) is 1. The van der Waals surface area contributed by atoms with Gasteiger partial charge in [-0.15, -0.1) is 0 Å². The quantitative estimate of drug-likeness (QED) is 0.437. The van der Waals surface area contributed by atoms with E-state index < -0.39 is 0 Å². The Balaban J connectivity index is -0.000000000833. The molecule has 0 amide bonds. The van der Waals surface area contributed by atoms with Gasteiger partial charge < -0.3 is 2.85 Å². The van der Waals surface area contributed by atoms with Crippen LogP contribution in [0.2, 0.25) is 0 Å². The van der Waals surface area contributed by atoms with Gasteiger partial charge in [-0.05, 0) is 0 Å². The van der Waals surface area contributed by atoms with Gasteiger partial charge in [0.05, 0.1) is 0 Å². The van der Waals surface area contributed by atoms with Gasteiger partial charge in [0.1, 0.15) is 0 Å². The van der Waals surface area contributed by atoms with E-state index in [1.165, 1.54) is 0 Å². The average molecular weight is 153 g/mol. The molecule has 0 aromatic heterocycles. The third kappa shape index (κ3) is 9.50. The van der Waals surface area contributed by atoms with Gasteiger partial charge in [-0.3, -0.25) is 0 Å². The Labute approximate surface area is 62.5 Å². The van der Waals surface area contributed by atoms with E-state index in [1.807, 2.05) is 0 Å². The third-order valence-corrected chi connectivity index (χ3v) is 0. The van der Waals surface area contributed by atoms with E-state index >= 15 is 0 Å². The molecule has 0 atom stereocenters. The molecule has 25 valence electrons. The predicted octanol–water partition coefficient (Wildman–Crippen LogP) is -0.280. The SMILES string of the molecule is [Fe].[H-].[H-].[Mg+2].[O]=[Mn]. The van der Waals surface area contributed by atoms with E-state index in [-0.39, 0.29) is 43.0 Å². The minimum atomic E-state index is 0. The summed E-state index contributed by atoms with van der Waals surface area (Å²) in [5.41, 5.74) is 0. The van der Waals surface area contributed by atoms with Crippen LogP contribution in [0.4, 0.5) is 0 Å². The van der Waals surface area contributed by atoms with E-state index in [9.17, 15) is 0 Å². The van der Waals surface area contributed by atoms with Crippen molar-refractivity contribution in [2.45, 2.75) is 0 Å². The first kappa shape index (κ1) is 17.5. The molecule has 0 aliphatic carbocycles. The van der Waals surface area contributed by atoms with Crippen LogP contribution in [0.1, 0.15) is 2.85 Å². The van der Waals surface area contributed by atoms with Crippen molar-refractivity contribution in [3.8, 4) is 0 Å². The molecule has 0 N–H and O–H groups in total. The fraction of sp³-hybridized carbons (Fsp3) is 0. The van der Waals surface area contributed by atoms with E-state index in [2.05, 4.69) is 0 Å². The minimum absolute atomic E-state index is 0. The summed E-state index contributed by atoms with van der Waals surface area (Å²) in [6, 6.07) is 0. The molecule has 0 radical (unpaired) electrons. The molecule has 0 rings (SSSR count). The summed E-state index contributed by atoms with van der Waals surface area (Å²) >= 11 is 1.69. The fourth-order valence-corrected chi connectivity index (χ4v) is 0. The van der Waals surface area contributed by atoms with Crippen molar-refractivity contribution in [1.82, 2.24) is 0 Å². The Morgan fingerprint density at radius 1 is 1.50 bits per heavy atom. The Morgan fingerprint density at radius 3 is 1.50 bits per heavy atom. The van der Waals surface area contributed by atoms with E-state index in [1.54, 1.807) is 15.9 Å². The molecule has 0 aromatic carbocycles. The zero-order valence-electron chi connectivity index (χ0n) is 3.85. The Hall–Kier alpha value is 1.61. The first-order valence-electron chi connectivity index (χ1n) is 0.154. The summed E-state index contributed by atoms with van der Waals surface area (Å²) in [4.78, 5) is 0. The summed E-state index contributed by atoms with van der Waals surface area (Å²) in [5.74, 6) is 0. The molecule has 0 bridgehead atoms. The topological polar surface area (TPSA) is 17.1 Å². The van der Waals surface area contributed by atoms with E-state index in [0.29, 0.717) is 0 Å². The molecule has 0 spiro atoms. The molecule has 0 saturated carbocycles. The van der Waals surface area contributed by atoms with Crippen LogP contribution in [0, 0.1) is 0 Å². The van der Waals surface area contributed by atoms with E-state index in [0.717, 1.165) is 0 Å². The summed E-state index contributed by atoms with van der Waals surface area (Å²) < 4.78 is 8.06. The molecule has 4 heavy (non-hydrogen) atoms. The van der Waals surface area contributed by atoms with Crippen molar-refractivity contribution < 1.29 is 39.7 Å². The first-order chi connectivity index (χ1) is 1.00. The molecule has 0 aromatic rings. The zero-order valence-corrected chi connectivity index (χ0v) is 5.55. The Morgan fingerprint density at radius 2 is 1.50 bits per heavy atom. The molecule has 0 fully saturated rings. The summed E-state index contributed by atoms with van der Waals surface area (Å²) in [7, 11) is 0. The van der Waals surface area contributed by atoms with Crippen molar-refractivity contribution >= 4 is 23.1 Å². The van der Waals surface area contributed by atoms with Crippen LogP contribution in [0.25, 0.3) is 0 Å². The van der Waals surface area contributed by atoms with Crippen LogP contribution < -0.4 is 0 Å². The summed E-state index contributed by atoms with van der Waals surface area (Å²) in [6.45, 7) is 0. The number of hydrogen-bond donors (Lipinski definition) is 0. The van der Waals surface area contributed by atoms with Gasteiger partial charge in [-0.2, -0.15) is 0 Å². The normalized spacial score (nSPS) is 1.00. The van der Waals surface area contributed by atoms with Gasteiger partial charge in [0.2, 0.25) is 0 Å². The molecular formula is H2FeMgMnO. The van der Waals surface area contributed by atoms with Crippen LogP contribution >= 0.6 is 0 Å². The first-order valence-corrected chi connectivity index (χ1v) is 0.636. The van der Waals surface area contributed by atoms with Gasteiger partial charge in [0, 0.05) is 17.1 Å². The van der Waals surface area contributed by atoms with Gasteiger partial charge in [-0.1, -0.05) is 0 Å². The monoisotopic (exact) mass is 153 g/mol. The van der Waals surface area contributed by atoms with Crippen LogP contribution in [0.15, 0.2) is 0 Å². The summed E-state index contributed by atoms with van der Waals surface area (Å²) in [6.07, 6.45) is 0. The van der Waals surface area contributed by atoms with Crippen molar-refractivity contribution in [1.29, 1.82) is 0 Å². The van der Waals surface area contributed by atoms with Crippen LogP contribution in [0.5, 0.6) is 0 Å². The van der Waals surface area contributed by atoms with Gasteiger partial charge in [0.15, 0.2) is 0 Å². The van der Waals surface area contributed by atoms with Crippen LogP contribution in [0.3, 0.4) is 0 Å². The zero-order chi connectivity index (χ0) is 2.00. The van der Waals surface area contributed by atoms with Crippen molar-refractivity contribution in [2.24, 2.45) is 0 Å². The number of rotatable bonds is 0. The van der Waals surface area contributed by atoms with Crippen molar-refractivity contribution in [3.63, 3.8) is 0 Å². The second kappa shape index (κ2) is 23.2. The Kier molecular flexibility index (Phi) is 102. The fourth-order valence-electron chi connectivity index (χ4n) is 0. The molecule has 0 unspecified atom stereocenters. The standard InChI is InChI=1S/Fe.Mg.Mn.O.2H/q;+2;;;2*-1. The van der Waals surface area contributed by atoms with Crippen LogP contribution in [-0.2, 0) is 36.8 Å². The molecule has 4 heteroatoms. The summed E-state index contributed by atoms with van der Waals surface area (Å²) in [5, 5.41) is 0. The Bertz CT molecular complexity index is 13.5. The van der Waals surface area contributed by atoms with Gasteiger partial charge >= 0.3 is 42.8 Å². The molecule has 0 aliphatic rings. The molecule has 1 nitrogen and oxygen atoms in total. The molecule has 0 saturated heterocycles. The predicted molar refractivity (Wildman–Crippen MR) is 8.66 cm³/mol. The maximum atomic E-state index is 8.06. The third-order valence-electron chi connectivity index (χ3n) is 0. The molecule has 0 heterocycles. The average Bonchev–Trinajstić information content (AvgIpc) is 1.00. The maximum absolute atomic E-state index is 8.06. The second-order valence-electron chi connectivity index (χ2n) is 0. The van der Waals surface area contributed by atoms with E-state index in [4.69, 9.17) is 3.83 Å². The second-order valence-corrected chi connectivity index (χ2v) is 0. The molecule has 0 aliphatic heterocycles. The van der Waals surface area contributed by atoms with Crippen molar-refractivity contribution in [3.05, 3.63) is 0 Å². The van der Waals surface area contributed by atoms with Gasteiger partial charge in [-0.25, -0.2) is 0 Å². The van der Waals surface area contributed by atoms with Crippen molar-refractivity contribution in [2.75, 3.05) is 0 Å². The van der Waals surface area contributed by atoms with Gasteiger partial charge in [0.25, 0.3) is 0 Å². The molecular weight excluding hydrogens is 151 g/mol. The van der Waals surface area contributed by atoms with Crippen LogP contribution in [-0.4, -0.2) is 23.1 Å².